The van der Waals surface area contributed by atoms with Crippen molar-refractivity contribution in [3.63, 3.8) is 0 Å². The van der Waals surface area contributed by atoms with Gasteiger partial charge in [-0.15, -0.1) is 22.7 Å². The minimum atomic E-state index is 0.999. The summed E-state index contributed by atoms with van der Waals surface area (Å²) in [7, 11) is 0. The van der Waals surface area contributed by atoms with Crippen LogP contribution in [-0.2, 0) is 25.9 Å². The van der Waals surface area contributed by atoms with E-state index in [9.17, 15) is 0 Å². The lowest BCUT2D eigenvalue weighted by molar-refractivity contribution is 0.699. The highest BCUT2D eigenvalue weighted by molar-refractivity contribution is 7.12. The van der Waals surface area contributed by atoms with E-state index in [0.717, 1.165) is 13.1 Å². The van der Waals surface area contributed by atoms with Gasteiger partial charge in [0.05, 0.1) is 0 Å². The Morgan fingerprint density at radius 3 is 2.72 bits per heavy atom. The summed E-state index contributed by atoms with van der Waals surface area (Å²) in [4.78, 5) is 6.01. The zero-order chi connectivity index (χ0) is 12.5. The second-order valence-corrected chi connectivity index (χ2v) is 7.74. The van der Waals surface area contributed by atoms with Crippen molar-refractivity contribution < 1.29 is 0 Å². The fraction of sp³-hybridized carbons (Fsp3) is 0.467. The summed E-state index contributed by atoms with van der Waals surface area (Å²) in [5, 5.41) is 3.58. The molecule has 0 aliphatic heterocycles. The van der Waals surface area contributed by atoms with Gasteiger partial charge in [-0.1, -0.05) is 0 Å². The van der Waals surface area contributed by atoms with Gasteiger partial charge in [-0.05, 0) is 56.4 Å². The Hall–Kier alpha value is -0.640. The average Bonchev–Trinajstić information content (AvgIpc) is 2.94. The molecule has 1 aliphatic rings. The van der Waals surface area contributed by atoms with Gasteiger partial charge in [0.1, 0.15) is 0 Å². The third kappa shape index (κ3) is 2.53. The van der Waals surface area contributed by atoms with E-state index in [2.05, 4.69) is 31.3 Å². The van der Waals surface area contributed by atoms with Gasteiger partial charge in [-0.3, -0.25) is 0 Å². The van der Waals surface area contributed by atoms with Crippen molar-refractivity contribution in [2.45, 2.75) is 46.2 Å². The van der Waals surface area contributed by atoms with Crippen LogP contribution < -0.4 is 5.32 Å². The molecule has 0 saturated carbocycles. The van der Waals surface area contributed by atoms with Crippen LogP contribution in [-0.4, -0.2) is 0 Å². The van der Waals surface area contributed by atoms with Crippen LogP contribution in [0.5, 0.6) is 0 Å². The Balaban J connectivity index is 1.56. The first-order chi connectivity index (χ1) is 8.72. The monoisotopic (exact) mass is 277 g/mol. The number of hydrogen-bond acceptors (Lipinski definition) is 3. The number of rotatable bonds is 4. The molecule has 2 aromatic rings. The second-order valence-electron chi connectivity index (χ2n) is 5.06. The molecule has 0 spiro atoms. The molecule has 2 heterocycles. The Labute approximate surface area is 117 Å². The Bertz CT molecular complexity index is 529. The molecule has 3 rings (SSSR count). The van der Waals surface area contributed by atoms with E-state index in [1.807, 2.05) is 22.7 Å². The highest BCUT2D eigenvalue weighted by Gasteiger charge is 2.14. The van der Waals surface area contributed by atoms with Crippen LogP contribution in [0, 0.1) is 13.8 Å². The smallest absolute Gasteiger partial charge is 0.0303 e. The summed E-state index contributed by atoms with van der Waals surface area (Å²) in [5.41, 5.74) is 3.07. The predicted molar refractivity (Wildman–Crippen MR) is 80.7 cm³/mol. The molecule has 0 radical (unpaired) electrons. The maximum absolute atomic E-state index is 3.58. The summed E-state index contributed by atoms with van der Waals surface area (Å²) >= 11 is 3.90. The molecule has 0 saturated heterocycles. The van der Waals surface area contributed by atoms with Crippen molar-refractivity contribution in [2.24, 2.45) is 0 Å². The zero-order valence-corrected chi connectivity index (χ0v) is 12.6. The third-order valence-corrected chi connectivity index (χ3v) is 5.80. The van der Waals surface area contributed by atoms with Crippen molar-refractivity contribution in [3.8, 4) is 0 Å². The van der Waals surface area contributed by atoms with Crippen LogP contribution in [0.25, 0.3) is 0 Å². The molecule has 18 heavy (non-hydrogen) atoms. The maximum Gasteiger partial charge on any atom is 0.0303 e. The standard InChI is InChI=1S/C15H19NS2/c1-10-6-13(11(2)17-10)8-16-9-14-7-12-4-3-5-15(12)18-14/h6-7,16H,3-5,8-9H2,1-2H3. The number of nitrogens with one attached hydrogen (secondary N) is 1. The van der Waals surface area contributed by atoms with E-state index in [1.165, 1.54) is 39.5 Å². The van der Waals surface area contributed by atoms with E-state index in [-0.39, 0.29) is 0 Å². The van der Waals surface area contributed by atoms with Gasteiger partial charge >= 0.3 is 0 Å². The normalized spacial score (nSPS) is 14.1. The van der Waals surface area contributed by atoms with Gasteiger partial charge in [-0.2, -0.15) is 0 Å². The summed E-state index contributed by atoms with van der Waals surface area (Å²) in [6.45, 7) is 6.42. The molecule has 1 nitrogen and oxygen atoms in total. The Kier molecular flexibility index (Phi) is 3.55. The Morgan fingerprint density at radius 2 is 2.00 bits per heavy atom. The SMILES string of the molecule is Cc1cc(CNCc2cc3c(s2)CCC3)c(C)s1. The molecule has 0 amide bonds. The second kappa shape index (κ2) is 5.16. The van der Waals surface area contributed by atoms with E-state index < -0.39 is 0 Å². The van der Waals surface area contributed by atoms with Gasteiger partial charge in [-0.25, -0.2) is 0 Å². The molecule has 0 atom stereocenters. The highest BCUT2D eigenvalue weighted by Crippen LogP contribution is 2.30. The molecular formula is C15H19NS2. The van der Waals surface area contributed by atoms with Crippen molar-refractivity contribution in [1.29, 1.82) is 0 Å². The highest BCUT2D eigenvalue weighted by atomic mass is 32.1. The molecule has 96 valence electrons. The van der Waals surface area contributed by atoms with Crippen molar-refractivity contribution >= 4 is 22.7 Å². The molecule has 0 unspecified atom stereocenters. The first-order valence-corrected chi connectivity index (χ1v) is 8.23. The number of thiophene rings is 2. The van der Waals surface area contributed by atoms with Crippen LogP contribution in [0.15, 0.2) is 12.1 Å². The van der Waals surface area contributed by atoms with E-state index in [4.69, 9.17) is 0 Å². The largest absolute Gasteiger partial charge is 0.308 e. The minimum absolute atomic E-state index is 0.999. The first kappa shape index (κ1) is 12.4. The molecule has 1 N–H and O–H groups in total. The van der Waals surface area contributed by atoms with Gasteiger partial charge in [0.15, 0.2) is 0 Å². The van der Waals surface area contributed by atoms with Crippen molar-refractivity contribution in [3.05, 3.63) is 42.8 Å². The topological polar surface area (TPSA) is 12.0 Å². The van der Waals surface area contributed by atoms with Crippen LogP contribution in [0.3, 0.4) is 0 Å². The lowest BCUT2D eigenvalue weighted by Crippen LogP contribution is -2.11. The molecule has 0 fully saturated rings. The molecule has 0 aromatic carbocycles. The van der Waals surface area contributed by atoms with Crippen LogP contribution in [0.1, 0.15) is 37.1 Å². The van der Waals surface area contributed by atoms with E-state index in [0.29, 0.717) is 0 Å². The van der Waals surface area contributed by atoms with Crippen LogP contribution in [0.2, 0.25) is 0 Å². The lowest BCUT2D eigenvalue weighted by Gasteiger charge is -2.02. The molecule has 2 aromatic heterocycles. The van der Waals surface area contributed by atoms with Gasteiger partial charge in [0.2, 0.25) is 0 Å². The zero-order valence-electron chi connectivity index (χ0n) is 11.0. The quantitative estimate of drug-likeness (QED) is 0.883. The van der Waals surface area contributed by atoms with Gasteiger partial charge < -0.3 is 5.32 Å². The number of hydrogen-bond donors (Lipinski definition) is 1. The van der Waals surface area contributed by atoms with Crippen LogP contribution in [0.4, 0.5) is 0 Å². The number of aryl methyl sites for hydroxylation is 4. The fourth-order valence-corrected chi connectivity index (χ4v) is 4.83. The van der Waals surface area contributed by atoms with Crippen molar-refractivity contribution in [2.75, 3.05) is 0 Å². The average molecular weight is 277 g/mol. The summed E-state index contributed by atoms with van der Waals surface area (Å²) in [6.07, 6.45) is 3.97. The van der Waals surface area contributed by atoms with Crippen molar-refractivity contribution in [1.82, 2.24) is 5.32 Å². The first-order valence-electron chi connectivity index (χ1n) is 6.59. The summed E-state index contributed by atoms with van der Waals surface area (Å²) in [6, 6.07) is 4.72. The van der Waals surface area contributed by atoms with Gasteiger partial charge in [0.25, 0.3) is 0 Å². The summed E-state index contributed by atoms with van der Waals surface area (Å²) in [5.74, 6) is 0. The van der Waals surface area contributed by atoms with E-state index >= 15 is 0 Å². The summed E-state index contributed by atoms with van der Waals surface area (Å²) < 4.78 is 0. The lowest BCUT2D eigenvalue weighted by atomic mass is 10.2. The van der Waals surface area contributed by atoms with Gasteiger partial charge in [0, 0.05) is 32.6 Å². The predicted octanol–water partition coefficient (Wildman–Crippen LogP) is 4.20. The van der Waals surface area contributed by atoms with E-state index in [1.54, 1.807) is 10.4 Å². The molecule has 1 aliphatic carbocycles. The minimum Gasteiger partial charge on any atom is -0.308 e. The third-order valence-electron chi connectivity index (χ3n) is 3.56. The molecule has 0 bridgehead atoms. The maximum atomic E-state index is 3.58. The molecule has 3 heteroatoms. The molecular weight excluding hydrogens is 258 g/mol. The Morgan fingerprint density at radius 1 is 1.11 bits per heavy atom. The number of fused-ring (bicyclic) bond motifs is 1. The fourth-order valence-electron chi connectivity index (χ4n) is 2.66. The van der Waals surface area contributed by atoms with Crippen LogP contribution >= 0.6 is 22.7 Å².